The third-order valence-corrected chi connectivity index (χ3v) is 2.95. The highest BCUT2D eigenvalue weighted by atomic mass is 32.2. The second kappa shape index (κ2) is 4.00. The molecule has 5 nitrogen and oxygen atoms in total. The van der Waals surface area contributed by atoms with E-state index in [4.69, 9.17) is 5.14 Å². The molecule has 0 saturated heterocycles. The highest BCUT2D eigenvalue weighted by Crippen LogP contribution is 2.35. The van der Waals surface area contributed by atoms with Gasteiger partial charge in [-0.25, -0.2) is 4.21 Å². The number of non-ortho nitro benzene ring substituents is 1. The third kappa shape index (κ3) is 2.94. The Hall–Kier alpha value is -1.61. The lowest BCUT2D eigenvalue weighted by atomic mass is 10.2. The van der Waals surface area contributed by atoms with Crippen LogP contribution >= 0.6 is 0 Å². The van der Waals surface area contributed by atoms with Crippen LogP contribution in [-0.2, 0) is 15.9 Å². The number of rotatable bonds is 2. The van der Waals surface area contributed by atoms with Gasteiger partial charge in [-0.05, 0) is 11.9 Å². The highest BCUT2D eigenvalue weighted by Gasteiger charge is 2.36. The summed E-state index contributed by atoms with van der Waals surface area (Å²) in [6.45, 7) is 0. The van der Waals surface area contributed by atoms with E-state index in [-0.39, 0.29) is 6.07 Å². The summed E-state index contributed by atoms with van der Waals surface area (Å²) in [5.41, 5.74) is -2.17. The van der Waals surface area contributed by atoms with Gasteiger partial charge in [0.2, 0.25) is 0 Å². The van der Waals surface area contributed by atoms with Crippen LogP contribution in [0.3, 0.4) is 0 Å². The molecule has 1 aromatic carbocycles. The van der Waals surface area contributed by atoms with E-state index in [1.165, 1.54) is 0 Å². The minimum atomic E-state index is -4.89. The summed E-state index contributed by atoms with van der Waals surface area (Å²) >= 11 is 0. The molecule has 9 heteroatoms. The largest absolute Gasteiger partial charge is 0.417 e. The molecule has 0 spiro atoms. The second-order valence-corrected chi connectivity index (χ2v) is 5.05. The van der Waals surface area contributed by atoms with Gasteiger partial charge in [-0.3, -0.25) is 15.3 Å². The van der Waals surface area contributed by atoms with Crippen LogP contribution in [0.1, 0.15) is 5.56 Å². The SMILES string of the molecule is C=S(N)(=O)c1ccc([N+](=O)[O-])cc1C(F)(F)F. The van der Waals surface area contributed by atoms with Crippen molar-refractivity contribution in [1.82, 2.24) is 0 Å². The summed E-state index contributed by atoms with van der Waals surface area (Å²) in [6.07, 6.45) is -4.89. The lowest BCUT2D eigenvalue weighted by molar-refractivity contribution is -0.385. The van der Waals surface area contributed by atoms with Gasteiger partial charge in [0.1, 0.15) is 0 Å². The first-order valence-corrected chi connectivity index (χ1v) is 5.83. The summed E-state index contributed by atoms with van der Waals surface area (Å²) < 4.78 is 49.1. The first-order valence-electron chi connectivity index (χ1n) is 4.04. The molecular formula is C8H7F3N2O3S. The summed E-state index contributed by atoms with van der Waals surface area (Å²) in [5, 5.41) is 15.4. The molecule has 1 unspecified atom stereocenters. The fraction of sp³-hybridized carbons (Fsp3) is 0.125. The van der Waals surface area contributed by atoms with Crippen LogP contribution in [0.2, 0.25) is 0 Å². The number of hydrogen-bond acceptors (Lipinski definition) is 3. The Morgan fingerprint density at radius 1 is 1.41 bits per heavy atom. The van der Waals surface area contributed by atoms with Gasteiger partial charge in [-0.2, -0.15) is 13.2 Å². The van der Waals surface area contributed by atoms with E-state index in [0.717, 1.165) is 6.07 Å². The van der Waals surface area contributed by atoms with Crippen molar-refractivity contribution < 1.29 is 22.3 Å². The number of benzene rings is 1. The average molecular weight is 268 g/mol. The quantitative estimate of drug-likeness (QED) is 0.501. The van der Waals surface area contributed by atoms with E-state index < -0.39 is 37.0 Å². The summed E-state index contributed by atoms with van der Waals surface area (Å²) in [6, 6.07) is 1.78. The number of hydrogen-bond donors (Lipinski definition) is 1. The standard InChI is InChI=1S/C8H7F3N2O3S/c1-17(12,16)7-3-2-5(13(14)15)4-6(7)8(9,10)11/h2-4H,1H2,(H2,12,16). The molecule has 1 aromatic rings. The lowest BCUT2D eigenvalue weighted by Gasteiger charge is -2.13. The fourth-order valence-corrected chi connectivity index (χ4v) is 2.00. The molecule has 0 fully saturated rings. The maximum absolute atomic E-state index is 12.6. The Labute approximate surface area is 94.3 Å². The number of nitrogens with two attached hydrogens (primary N) is 1. The highest BCUT2D eigenvalue weighted by molar-refractivity contribution is 7.98. The van der Waals surface area contributed by atoms with Crippen LogP contribution in [0.15, 0.2) is 23.1 Å². The van der Waals surface area contributed by atoms with Crippen molar-refractivity contribution in [1.29, 1.82) is 0 Å². The lowest BCUT2D eigenvalue weighted by Crippen LogP contribution is -2.19. The van der Waals surface area contributed by atoms with Crippen molar-refractivity contribution in [3.63, 3.8) is 0 Å². The number of alkyl halides is 3. The van der Waals surface area contributed by atoms with Gasteiger partial charge in [0.25, 0.3) is 5.69 Å². The molecule has 1 atom stereocenters. The van der Waals surface area contributed by atoms with Crippen LogP contribution in [0.4, 0.5) is 18.9 Å². The first-order chi connectivity index (χ1) is 7.53. The monoisotopic (exact) mass is 268 g/mol. The second-order valence-electron chi connectivity index (χ2n) is 3.16. The molecule has 0 aliphatic rings. The Balaban J connectivity index is 3.60. The summed E-state index contributed by atoms with van der Waals surface area (Å²) in [5.74, 6) is 2.93. The van der Waals surface area contributed by atoms with E-state index >= 15 is 0 Å². The zero-order valence-corrected chi connectivity index (χ0v) is 9.05. The van der Waals surface area contributed by atoms with Gasteiger partial charge >= 0.3 is 6.18 Å². The van der Waals surface area contributed by atoms with Gasteiger partial charge in [-0.1, -0.05) is 0 Å². The molecule has 0 heterocycles. The van der Waals surface area contributed by atoms with E-state index in [0.29, 0.717) is 6.07 Å². The fourth-order valence-electron chi connectivity index (χ4n) is 1.15. The molecule has 0 aromatic heterocycles. The number of nitro benzene ring substituents is 1. The van der Waals surface area contributed by atoms with E-state index in [1.807, 2.05) is 0 Å². The predicted molar refractivity (Wildman–Crippen MR) is 55.8 cm³/mol. The van der Waals surface area contributed by atoms with Crippen molar-refractivity contribution in [2.45, 2.75) is 11.1 Å². The molecule has 2 N–H and O–H groups in total. The molecule has 0 aliphatic carbocycles. The van der Waals surface area contributed by atoms with Crippen molar-refractivity contribution in [3.05, 3.63) is 33.9 Å². The zero-order chi connectivity index (χ0) is 13.4. The molecule has 1 rings (SSSR count). The van der Waals surface area contributed by atoms with Crippen LogP contribution < -0.4 is 5.14 Å². The van der Waals surface area contributed by atoms with Crippen LogP contribution in [-0.4, -0.2) is 15.0 Å². The Kier molecular flexibility index (Phi) is 3.17. The Morgan fingerprint density at radius 2 is 1.94 bits per heavy atom. The third-order valence-electron chi connectivity index (χ3n) is 1.85. The topological polar surface area (TPSA) is 86.2 Å². The minimum absolute atomic E-state index is 0.285. The van der Waals surface area contributed by atoms with Crippen molar-refractivity contribution in [2.24, 2.45) is 5.14 Å². The average Bonchev–Trinajstić information content (AvgIpc) is 2.14. The molecule has 17 heavy (non-hydrogen) atoms. The molecule has 0 bridgehead atoms. The summed E-state index contributed by atoms with van der Waals surface area (Å²) in [7, 11) is -3.60. The molecule has 0 aliphatic heterocycles. The van der Waals surface area contributed by atoms with Crippen molar-refractivity contribution >= 4 is 21.3 Å². The Bertz CT molecular complexity index is 566. The van der Waals surface area contributed by atoms with Crippen LogP contribution in [0.25, 0.3) is 0 Å². The van der Waals surface area contributed by atoms with E-state index in [2.05, 4.69) is 5.87 Å². The number of nitrogens with zero attached hydrogens (tertiary/aromatic N) is 1. The molecule has 0 saturated carbocycles. The molecule has 0 amide bonds. The minimum Gasteiger partial charge on any atom is -0.258 e. The smallest absolute Gasteiger partial charge is 0.258 e. The van der Waals surface area contributed by atoms with Crippen LogP contribution in [0, 0.1) is 10.1 Å². The summed E-state index contributed by atoms with van der Waals surface area (Å²) in [4.78, 5) is 8.62. The van der Waals surface area contributed by atoms with Gasteiger partial charge in [0, 0.05) is 12.1 Å². The number of halogens is 3. The Morgan fingerprint density at radius 3 is 2.29 bits per heavy atom. The maximum Gasteiger partial charge on any atom is 0.417 e. The van der Waals surface area contributed by atoms with Crippen molar-refractivity contribution in [2.75, 3.05) is 0 Å². The van der Waals surface area contributed by atoms with E-state index in [1.54, 1.807) is 0 Å². The maximum atomic E-state index is 12.6. The van der Waals surface area contributed by atoms with Gasteiger partial charge < -0.3 is 0 Å². The first kappa shape index (κ1) is 13.5. The van der Waals surface area contributed by atoms with Gasteiger partial charge in [0.15, 0.2) is 0 Å². The number of nitro groups is 1. The van der Waals surface area contributed by atoms with Gasteiger partial charge in [0.05, 0.1) is 25.1 Å². The van der Waals surface area contributed by atoms with Crippen molar-refractivity contribution in [3.8, 4) is 0 Å². The molecular weight excluding hydrogens is 261 g/mol. The molecule has 94 valence electrons. The van der Waals surface area contributed by atoms with Crippen LogP contribution in [0.5, 0.6) is 0 Å². The normalized spacial score (nSPS) is 15.3. The zero-order valence-electron chi connectivity index (χ0n) is 8.23. The predicted octanol–water partition coefficient (Wildman–Crippen LogP) is 1.56. The molecule has 0 radical (unpaired) electrons. The van der Waals surface area contributed by atoms with E-state index in [9.17, 15) is 27.5 Å². The van der Waals surface area contributed by atoms with Gasteiger partial charge in [-0.15, -0.1) is 0 Å².